The van der Waals surface area contributed by atoms with Gasteiger partial charge in [0.2, 0.25) is 0 Å². The van der Waals surface area contributed by atoms with Crippen LogP contribution in [-0.4, -0.2) is 29.6 Å². The summed E-state index contributed by atoms with van der Waals surface area (Å²) >= 11 is 0. The Hall–Kier alpha value is -3.02. The molecular weight excluding hydrogens is 344 g/mol. The molecule has 0 spiro atoms. The van der Waals surface area contributed by atoms with Gasteiger partial charge >= 0.3 is 0 Å². The average Bonchev–Trinajstić information content (AvgIpc) is 3.36. The summed E-state index contributed by atoms with van der Waals surface area (Å²) in [6, 6.07) is 12.9. The first-order valence-electron chi connectivity index (χ1n) is 9.22. The molecule has 6 nitrogen and oxygen atoms in total. The lowest BCUT2D eigenvalue weighted by atomic mass is 10.1. The van der Waals surface area contributed by atoms with Gasteiger partial charge < -0.3 is 18.6 Å². The van der Waals surface area contributed by atoms with E-state index >= 15 is 0 Å². The van der Waals surface area contributed by atoms with E-state index < -0.39 is 0 Å². The Bertz CT molecular complexity index is 883. The van der Waals surface area contributed by atoms with E-state index in [1.165, 1.54) is 6.26 Å². The number of furan rings is 1. The molecular formula is C21H22N2O4. The largest absolute Gasteiger partial charge is 0.497 e. The predicted octanol–water partition coefficient (Wildman–Crippen LogP) is 4.70. The summed E-state index contributed by atoms with van der Waals surface area (Å²) in [5, 5.41) is 4.23. The van der Waals surface area contributed by atoms with Crippen molar-refractivity contribution in [2.24, 2.45) is 0 Å². The minimum absolute atomic E-state index is 0.103. The quantitative estimate of drug-likeness (QED) is 0.669. The summed E-state index contributed by atoms with van der Waals surface area (Å²) < 4.78 is 16.2. The van der Waals surface area contributed by atoms with Crippen LogP contribution in [-0.2, 0) is 0 Å². The topological polar surface area (TPSA) is 68.7 Å². The molecule has 0 bridgehead atoms. The number of ether oxygens (including phenoxy) is 1. The van der Waals surface area contributed by atoms with Gasteiger partial charge in [0.05, 0.1) is 19.4 Å². The van der Waals surface area contributed by atoms with Crippen LogP contribution in [0, 0.1) is 0 Å². The highest BCUT2D eigenvalue weighted by atomic mass is 16.5. The van der Waals surface area contributed by atoms with E-state index in [9.17, 15) is 4.79 Å². The first-order valence-corrected chi connectivity index (χ1v) is 9.22. The standard InChI is InChI=1S/C21H22N2O4/c1-25-16-10-8-15(9-11-16)17-14-20(27-22-17)18-6-3-2-4-12-23(18)21(24)19-7-5-13-26-19/h5,7-11,13-14,18H,2-4,6,12H2,1H3. The molecule has 1 unspecified atom stereocenters. The fourth-order valence-electron chi connectivity index (χ4n) is 3.53. The third-order valence-electron chi connectivity index (χ3n) is 4.99. The number of hydrogen-bond acceptors (Lipinski definition) is 5. The lowest BCUT2D eigenvalue weighted by molar-refractivity contribution is 0.0618. The molecule has 1 aromatic carbocycles. The van der Waals surface area contributed by atoms with Crippen molar-refractivity contribution in [3.8, 4) is 17.0 Å². The van der Waals surface area contributed by atoms with Crippen molar-refractivity contribution in [2.75, 3.05) is 13.7 Å². The number of aromatic nitrogens is 1. The summed E-state index contributed by atoms with van der Waals surface area (Å²) in [7, 11) is 1.64. The third-order valence-corrected chi connectivity index (χ3v) is 4.99. The van der Waals surface area contributed by atoms with E-state index in [1.54, 1.807) is 19.2 Å². The molecule has 0 N–H and O–H groups in total. The van der Waals surface area contributed by atoms with Crippen LogP contribution >= 0.6 is 0 Å². The zero-order valence-electron chi connectivity index (χ0n) is 15.3. The number of carbonyl (C=O) groups is 1. The molecule has 3 heterocycles. The van der Waals surface area contributed by atoms with E-state index in [4.69, 9.17) is 13.7 Å². The van der Waals surface area contributed by atoms with Gasteiger partial charge in [0.1, 0.15) is 11.4 Å². The van der Waals surface area contributed by atoms with Gasteiger partial charge in [0.15, 0.2) is 11.5 Å². The number of likely N-dealkylation sites (tertiary alicyclic amines) is 1. The van der Waals surface area contributed by atoms with Gasteiger partial charge in [-0.2, -0.15) is 0 Å². The normalized spacial score (nSPS) is 17.5. The van der Waals surface area contributed by atoms with Crippen molar-refractivity contribution in [2.45, 2.75) is 31.7 Å². The molecule has 0 saturated carbocycles. The highest BCUT2D eigenvalue weighted by Gasteiger charge is 2.31. The molecule has 1 fully saturated rings. The van der Waals surface area contributed by atoms with Crippen LogP contribution < -0.4 is 4.74 Å². The second-order valence-corrected chi connectivity index (χ2v) is 6.68. The van der Waals surface area contributed by atoms with Crippen molar-refractivity contribution >= 4 is 5.91 Å². The molecule has 3 aromatic rings. The van der Waals surface area contributed by atoms with Crippen molar-refractivity contribution in [3.63, 3.8) is 0 Å². The van der Waals surface area contributed by atoms with Crippen molar-refractivity contribution in [1.82, 2.24) is 10.1 Å². The van der Waals surface area contributed by atoms with Crippen LogP contribution in [0.5, 0.6) is 5.75 Å². The maximum Gasteiger partial charge on any atom is 0.290 e. The maximum atomic E-state index is 12.9. The maximum absolute atomic E-state index is 12.9. The zero-order chi connectivity index (χ0) is 18.6. The van der Waals surface area contributed by atoms with Crippen LogP contribution in [0.1, 0.15) is 48.0 Å². The van der Waals surface area contributed by atoms with Gasteiger partial charge in [-0.15, -0.1) is 0 Å². The van der Waals surface area contributed by atoms with Crippen molar-refractivity contribution < 1.29 is 18.5 Å². The van der Waals surface area contributed by atoms with E-state index in [1.807, 2.05) is 35.2 Å². The fourth-order valence-corrected chi connectivity index (χ4v) is 3.53. The van der Waals surface area contributed by atoms with Crippen LogP contribution in [0.4, 0.5) is 0 Å². The SMILES string of the molecule is COc1ccc(-c2cc(C3CCCCCN3C(=O)c3ccco3)on2)cc1. The first-order chi connectivity index (χ1) is 13.3. The number of methoxy groups -OCH3 is 1. The van der Waals surface area contributed by atoms with E-state index in [0.29, 0.717) is 18.1 Å². The Morgan fingerprint density at radius 2 is 2.04 bits per heavy atom. The molecule has 27 heavy (non-hydrogen) atoms. The monoisotopic (exact) mass is 366 g/mol. The summed E-state index contributed by atoms with van der Waals surface area (Å²) in [5.74, 6) is 1.76. The first kappa shape index (κ1) is 17.4. The van der Waals surface area contributed by atoms with E-state index in [-0.39, 0.29) is 11.9 Å². The summed E-state index contributed by atoms with van der Waals surface area (Å²) in [6.07, 6.45) is 5.49. The Balaban J connectivity index is 1.61. The molecule has 140 valence electrons. The molecule has 1 saturated heterocycles. The molecule has 6 heteroatoms. The smallest absolute Gasteiger partial charge is 0.290 e. The number of benzene rings is 1. The fraction of sp³-hybridized carbons (Fsp3) is 0.333. The lowest BCUT2D eigenvalue weighted by Crippen LogP contribution is -2.34. The van der Waals surface area contributed by atoms with Crippen LogP contribution in [0.2, 0.25) is 0 Å². The van der Waals surface area contributed by atoms with Crippen LogP contribution in [0.3, 0.4) is 0 Å². The third kappa shape index (κ3) is 3.60. The van der Waals surface area contributed by atoms with Gasteiger partial charge in [0.25, 0.3) is 5.91 Å². The molecule has 0 radical (unpaired) electrons. The Morgan fingerprint density at radius 3 is 2.78 bits per heavy atom. The van der Waals surface area contributed by atoms with Gasteiger partial charge in [0, 0.05) is 18.2 Å². The Labute approximate surface area is 157 Å². The summed E-state index contributed by atoms with van der Waals surface area (Å²) in [5.41, 5.74) is 1.70. The zero-order valence-corrected chi connectivity index (χ0v) is 15.3. The number of rotatable bonds is 4. The molecule has 1 aliphatic heterocycles. The minimum atomic E-state index is -0.135. The minimum Gasteiger partial charge on any atom is -0.497 e. The number of hydrogen-bond donors (Lipinski definition) is 0. The Kier molecular flexibility index (Phi) is 4.96. The van der Waals surface area contributed by atoms with E-state index in [0.717, 1.165) is 42.7 Å². The summed E-state index contributed by atoms with van der Waals surface area (Å²) in [6.45, 7) is 0.683. The second-order valence-electron chi connectivity index (χ2n) is 6.68. The Morgan fingerprint density at radius 1 is 1.19 bits per heavy atom. The number of amides is 1. The molecule has 1 aliphatic rings. The van der Waals surface area contributed by atoms with E-state index in [2.05, 4.69) is 5.16 Å². The molecule has 1 atom stereocenters. The average molecular weight is 366 g/mol. The van der Waals surface area contributed by atoms with Crippen molar-refractivity contribution in [1.29, 1.82) is 0 Å². The highest BCUT2D eigenvalue weighted by Crippen LogP contribution is 2.33. The molecule has 0 aliphatic carbocycles. The summed E-state index contributed by atoms with van der Waals surface area (Å²) in [4.78, 5) is 14.8. The molecule has 4 rings (SSSR count). The van der Waals surface area contributed by atoms with Gasteiger partial charge in [-0.3, -0.25) is 4.79 Å². The second kappa shape index (κ2) is 7.70. The van der Waals surface area contributed by atoms with Crippen LogP contribution in [0.15, 0.2) is 57.7 Å². The lowest BCUT2D eigenvalue weighted by Gasteiger charge is -2.27. The van der Waals surface area contributed by atoms with Crippen molar-refractivity contribution in [3.05, 3.63) is 60.2 Å². The van der Waals surface area contributed by atoms with Gasteiger partial charge in [-0.25, -0.2) is 0 Å². The predicted molar refractivity (Wildman–Crippen MR) is 99.4 cm³/mol. The number of nitrogens with zero attached hydrogens (tertiary/aromatic N) is 2. The van der Waals surface area contributed by atoms with Crippen LogP contribution in [0.25, 0.3) is 11.3 Å². The van der Waals surface area contributed by atoms with Gasteiger partial charge in [-0.05, 0) is 49.2 Å². The molecule has 2 aromatic heterocycles. The molecule has 1 amide bonds. The van der Waals surface area contributed by atoms with Gasteiger partial charge in [-0.1, -0.05) is 18.0 Å². The highest BCUT2D eigenvalue weighted by molar-refractivity contribution is 5.91. The number of carbonyl (C=O) groups excluding carboxylic acids is 1.